The molecule has 0 bridgehead atoms. The SMILES string of the molecule is CCc1nn(C)c(COCCC2CCNC2)c1Br. The number of hydrogen-bond acceptors (Lipinski definition) is 3. The molecule has 0 amide bonds. The Morgan fingerprint density at radius 3 is 3.00 bits per heavy atom. The fourth-order valence-corrected chi connectivity index (χ4v) is 3.09. The monoisotopic (exact) mass is 315 g/mol. The minimum Gasteiger partial charge on any atom is -0.375 e. The van der Waals surface area contributed by atoms with Crippen molar-refractivity contribution in [2.75, 3.05) is 19.7 Å². The fraction of sp³-hybridized carbons (Fsp3) is 0.769. The van der Waals surface area contributed by atoms with Crippen molar-refractivity contribution < 1.29 is 4.74 Å². The lowest BCUT2D eigenvalue weighted by Gasteiger charge is -2.09. The number of hydrogen-bond donors (Lipinski definition) is 1. The molecule has 1 fully saturated rings. The molecule has 4 nitrogen and oxygen atoms in total. The molecule has 0 aliphatic carbocycles. The summed E-state index contributed by atoms with van der Waals surface area (Å²) in [4.78, 5) is 0. The van der Waals surface area contributed by atoms with Crippen molar-refractivity contribution in [1.82, 2.24) is 15.1 Å². The Bertz CT molecular complexity index is 386. The molecule has 5 heteroatoms. The van der Waals surface area contributed by atoms with Crippen LogP contribution in [0.4, 0.5) is 0 Å². The molecule has 1 aliphatic heterocycles. The number of aryl methyl sites for hydroxylation is 2. The van der Waals surface area contributed by atoms with Crippen LogP contribution >= 0.6 is 15.9 Å². The van der Waals surface area contributed by atoms with E-state index in [1.807, 2.05) is 11.7 Å². The van der Waals surface area contributed by atoms with Crippen LogP contribution in [-0.4, -0.2) is 29.5 Å². The molecule has 1 aromatic heterocycles. The molecule has 1 aromatic rings. The van der Waals surface area contributed by atoms with E-state index >= 15 is 0 Å². The Morgan fingerprint density at radius 1 is 1.56 bits per heavy atom. The van der Waals surface area contributed by atoms with E-state index in [0.29, 0.717) is 6.61 Å². The summed E-state index contributed by atoms with van der Waals surface area (Å²) >= 11 is 3.61. The van der Waals surface area contributed by atoms with E-state index in [4.69, 9.17) is 4.74 Å². The van der Waals surface area contributed by atoms with Crippen LogP contribution < -0.4 is 5.32 Å². The number of ether oxygens (including phenoxy) is 1. The molecular weight excluding hydrogens is 294 g/mol. The second-order valence-electron chi connectivity index (χ2n) is 4.88. The van der Waals surface area contributed by atoms with E-state index in [2.05, 4.69) is 33.3 Å². The molecule has 2 heterocycles. The topological polar surface area (TPSA) is 39.1 Å². The number of nitrogens with one attached hydrogen (secondary N) is 1. The molecule has 1 atom stereocenters. The lowest BCUT2D eigenvalue weighted by molar-refractivity contribution is 0.104. The molecule has 1 N–H and O–H groups in total. The van der Waals surface area contributed by atoms with Gasteiger partial charge >= 0.3 is 0 Å². The molecule has 1 aliphatic rings. The van der Waals surface area contributed by atoms with Crippen molar-refractivity contribution >= 4 is 15.9 Å². The van der Waals surface area contributed by atoms with Gasteiger partial charge in [-0.05, 0) is 54.2 Å². The van der Waals surface area contributed by atoms with Crippen molar-refractivity contribution in [1.29, 1.82) is 0 Å². The second kappa shape index (κ2) is 6.68. The van der Waals surface area contributed by atoms with Crippen LogP contribution in [0.2, 0.25) is 0 Å². The Hall–Kier alpha value is -0.390. The van der Waals surface area contributed by atoms with Crippen LogP contribution in [0.15, 0.2) is 4.47 Å². The Kier molecular flexibility index (Phi) is 5.21. The first-order valence-corrected chi connectivity index (χ1v) is 7.50. The molecule has 102 valence electrons. The van der Waals surface area contributed by atoms with Crippen LogP contribution in [0.25, 0.3) is 0 Å². The third kappa shape index (κ3) is 3.33. The van der Waals surface area contributed by atoms with Crippen LogP contribution in [0.5, 0.6) is 0 Å². The van der Waals surface area contributed by atoms with Gasteiger partial charge in [0, 0.05) is 13.7 Å². The van der Waals surface area contributed by atoms with Gasteiger partial charge in [-0.1, -0.05) is 6.92 Å². The van der Waals surface area contributed by atoms with Crippen molar-refractivity contribution in [2.45, 2.75) is 32.8 Å². The van der Waals surface area contributed by atoms with Crippen molar-refractivity contribution in [3.05, 3.63) is 15.9 Å². The highest BCUT2D eigenvalue weighted by Crippen LogP contribution is 2.22. The summed E-state index contributed by atoms with van der Waals surface area (Å²) < 4.78 is 8.81. The number of halogens is 1. The minimum absolute atomic E-state index is 0.643. The van der Waals surface area contributed by atoms with E-state index in [1.165, 1.54) is 6.42 Å². The fourth-order valence-electron chi connectivity index (χ4n) is 2.36. The van der Waals surface area contributed by atoms with E-state index in [9.17, 15) is 0 Å². The van der Waals surface area contributed by atoms with Gasteiger partial charge in [-0.15, -0.1) is 0 Å². The highest BCUT2D eigenvalue weighted by atomic mass is 79.9. The summed E-state index contributed by atoms with van der Waals surface area (Å²) in [6, 6.07) is 0. The summed E-state index contributed by atoms with van der Waals surface area (Å²) in [7, 11) is 1.98. The molecule has 0 spiro atoms. The zero-order valence-electron chi connectivity index (χ0n) is 11.2. The van der Waals surface area contributed by atoms with E-state index in [-0.39, 0.29) is 0 Å². The maximum atomic E-state index is 5.78. The van der Waals surface area contributed by atoms with Crippen LogP contribution in [0.1, 0.15) is 31.2 Å². The first-order chi connectivity index (χ1) is 8.72. The van der Waals surface area contributed by atoms with Crippen molar-refractivity contribution in [3.63, 3.8) is 0 Å². The lowest BCUT2D eigenvalue weighted by Crippen LogP contribution is -2.11. The predicted octanol–water partition coefficient (Wildman–Crippen LogP) is 2.26. The van der Waals surface area contributed by atoms with Gasteiger partial charge < -0.3 is 10.1 Å². The maximum absolute atomic E-state index is 5.78. The normalized spacial score (nSPS) is 19.6. The molecule has 1 unspecified atom stereocenters. The maximum Gasteiger partial charge on any atom is 0.0896 e. The standard InChI is InChI=1S/C13H22BrN3O/c1-3-11-13(14)12(17(2)16-11)9-18-7-5-10-4-6-15-8-10/h10,15H,3-9H2,1-2H3. The summed E-state index contributed by atoms with van der Waals surface area (Å²) in [5.41, 5.74) is 2.24. The third-order valence-electron chi connectivity index (χ3n) is 3.57. The largest absolute Gasteiger partial charge is 0.375 e. The summed E-state index contributed by atoms with van der Waals surface area (Å²) in [5.74, 6) is 0.797. The Labute approximate surface area is 117 Å². The average molecular weight is 316 g/mol. The van der Waals surface area contributed by atoms with E-state index in [1.54, 1.807) is 0 Å². The predicted molar refractivity (Wildman–Crippen MR) is 75.5 cm³/mol. The summed E-state index contributed by atoms with van der Waals surface area (Å²) in [6.07, 6.45) is 3.39. The van der Waals surface area contributed by atoms with Gasteiger partial charge in [-0.2, -0.15) is 5.10 Å². The molecule has 18 heavy (non-hydrogen) atoms. The summed E-state index contributed by atoms with van der Waals surface area (Å²) in [6.45, 7) is 5.91. The van der Waals surface area contributed by atoms with Gasteiger partial charge in [0.25, 0.3) is 0 Å². The van der Waals surface area contributed by atoms with E-state index < -0.39 is 0 Å². The Morgan fingerprint density at radius 2 is 2.39 bits per heavy atom. The molecule has 0 radical (unpaired) electrons. The zero-order chi connectivity index (χ0) is 13.0. The van der Waals surface area contributed by atoms with Gasteiger partial charge in [0.05, 0.1) is 22.5 Å². The summed E-state index contributed by atoms with van der Waals surface area (Å²) in [5, 5.41) is 7.85. The zero-order valence-corrected chi connectivity index (χ0v) is 12.8. The minimum atomic E-state index is 0.643. The first kappa shape index (κ1) is 14.0. The van der Waals surface area contributed by atoms with Crippen LogP contribution in [0.3, 0.4) is 0 Å². The molecule has 1 saturated heterocycles. The first-order valence-electron chi connectivity index (χ1n) is 6.71. The molecule has 0 saturated carbocycles. The Balaban J connectivity index is 1.77. The molecule has 2 rings (SSSR count). The van der Waals surface area contributed by atoms with Crippen molar-refractivity contribution in [2.24, 2.45) is 13.0 Å². The number of rotatable bonds is 6. The van der Waals surface area contributed by atoms with E-state index in [0.717, 1.165) is 54.3 Å². The molecule has 0 aromatic carbocycles. The second-order valence-corrected chi connectivity index (χ2v) is 5.68. The number of nitrogens with zero attached hydrogens (tertiary/aromatic N) is 2. The van der Waals surface area contributed by atoms with Gasteiger partial charge in [0.15, 0.2) is 0 Å². The van der Waals surface area contributed by atoms with Crippen LogP contribution in [-0.2, 0) is 24.8 Å². The highest BCUT2D eigenvalue weighted by Gasteiger charge is 2.15. The highest BCUT2D eigenvalue weighted by molar-refractivity contribution is 9.10. The van der Waals surface area contributed by atoms with Gasteiger partial charge in [0.2, 0.25) is 0 Å². The van der Waals surface area contributed by atoms with Gasteiger partial charge in [0.1, 0.15) is 0 Å². The molecular formula is C13H22BrN3O. The smallest absolute Gasteiger partial charge is 0.0896 e. The average Bonchev–Trinajstić information content (AvgIpc) is 2.96. The third-order valence-corrected chi connectivity index (χ3v) is 4.49. The quantitative estimate of drug-likeness (QED) is 0.818. The van der Waals surface area contributed by atoms with Gasteiger partial charge in [-0.25, -0.2) is 0 Å². The van der Waals surface area contributed by atoms with Crippen molar-refractivity contribution in [3.8, 4) is 0 Å². The number of aromatic nitrogens is 2. The van der Waals surface area contributed by atoms with Gasteiger partial charge in [-0.3, -0.25) is 4.68 Å². The van der Waals surface area contributed by atoms with Crippen LogP contribution in [0, 0.1) is 5.92 Å². The lowest BCUT2D eigenvalue weighted by atomic mass is 10.1.